The number of benzene rings is 2. The Morgan fingerprint density at radius 1 is 1.15 bits per heavy atom. The molecule has 1 fully saturated rings. The summed E-state index contributed by atoms with van der Waals surface area (Å²) in [5.41, 5.74) is 2.54. The van der Waals surface area contributed by atoms with E-state index < -0.39 is 0 Å². The molecule has 6 heteroatoms. The van der Waals surface area contributed by atoms with Crippen LogP contribution in [0.3, 0.4) is 0 Å². The molecule has 26 heavy (non-hydrogen) atoms. The molecular formula is C20H21BrN4O. The van der Waals surface area contributed by atoms with Gasteiger partial charge in [-0.1, -0.05) is 33.6 Å². The van der Waals surface area contributed by atoms with Gasteiger partial charge in [0, 0.05) is 33.4 Å². The minimum atomic E-state index is 0.188. The minimum absolute atomic E-state index is 0.188. The van der Waals surface area contributed by atoms with E-state index in [-0.39, 0.29) is 5.75 Å². The number of hydrogen-bond acceptors (Lipinski definition) is 5. The summed E-state index contributed by atoms with van der Waals surface area (Å²) >= 11 is 3.38. The van der Waals surface area contributed by atoms with Crippen molar-refractivity contribution in [1.82, 2.24) is 15.5 Å². The molecule has 0 amide bonds. The fourth-order valence-corrected chi connectivity index (χ4v) is 3.80. The van der Waals surface area contributed by atoms with Gasteiger partial charge in [0.2, 0.25) is 0 Å². The van der Waals surface area contributed by atoms with E-state index in [0.29, 0.717) is 17.3 Å². The number of aromatic hydroxyl groups is 1. The average molecular weight is 413 g/mol. The molecule has 1 aliphatic heterocycles. The Bertz CT molecular complexity index is 954. The zero-order chi connectivity index (χ0) is 18.1. The Balaban J connectivity index is 1.82. The number of nitrogens with one attached hydrogen (secondary N) is 2. The van der Waals surface area contributed by atoms with Crippen LogP contribution < -0.4 is 10.6 Å². The van der Waals surface area contributed by atoms with Crippen molar-refractivity contribution >= 4 is 32.5 Å². The van der Waals surface area contributed by atoms with E-state index in [2.05, 4.69) is 61.9 Å². The maximum atomic E-state index is 10.4. The van der Waals surface area contributed by atoms with Crippen molar-refractivity contribution < 1.29 is 5.11 Å². The van der Waals surface area contributed by atoms with Crippen molar-refractivity contribution in [2.24, 2.45) is 0 Å². The Kier molecular flexibility index (Phi) is 4.78. The lowest BCUT2D eigenvalue weighted by Gasteiger charge is -2.25. The number of hydrogen-bond donors (Lipinski definition) is 3. The number of phenols is 1. The molecule has 3 aromatic rings. The topological polar surface area (TPSA) is 70.1 Å². The van der Waals surface area contributed by atoms with E-state index in [9.17, 15) is 5.11 Å². The second kappa shape index (κ2) is 7.21. The molecule has 0 aliphatic carbocycles. The standard InChI is InChI=1S/C20H21BrN4O/c1-12-4-6-15-17(9-12)20(23-14-3-2-8-22-11-14)25-24-19(15)16-7-5-13(21)10-18(16)26/h4-7,9-10,14,22,26H,2-3,8,11H2,1H3,(H,23,25)/t14-/m1/s1. The molecular weight excluding hydrogens is 392 g/mol. The smallest absolute Gasteiger partial charge is 0.156 e. The second-order valence-corrected chi connectivity index (χ2v) is 7.71. The van der Waals surface area contributed by atoms with E-state index in [4.69, 9.17) is 0 Å². The monoisotopic (exact) mass is 412 g/mol. The van der Waals surface area contributed by atoms with E-state index in [1.165, 1.54) is 5.56 Å². The molecule has 0 spiro atoms. The largest absolute Gasteiger partial charge is 0.507 e. The van der Waals surface area contributed by atoms with Crippen LogP contribution in [0, 0.1) is 6.92 Å². The van der Waals surface area contributed by atoms with E-state index in [1.807, 2.05) is 12.1 Å². The summed E-state index contributed by atoms with van der Waals surface area (Å²) in [4.78, 5) is 0. The first-order valence-corrected chi connectivity index (χ1v) is 9.64. The van der Waals surface area contributed by atoms with Gasteiger partial charge in [-0.25, -0.2) is 0 Å². The number of anilines is 1. The first-order valence-electron chi connectivity index (χ1n) is 8.85. The van der Waals surface area contributed by atoms with Crippen LogP contribution in [0.2, 0.25) is 0 Å². The number of piperidine rings is 1. The lowest BCUT2D eigenvalue weighted by molar-refractivity contribution is 0.476. The molecule has 5 nitrogen and oxygen atoms in total. The number of halogens is 1. The van der Waals surface area contributed by atoms with E-state index in [0.717, 1.165) is 47.0 Å². The molecule has 4 rings (SSSR count). The zero-order valence-electron chi connectivity index (χ0n) is 14.6. The lowest BCUT2D eigenvalue weighted by atomic mass is 10.0. The predicted molar refractivity (Wildman–Crippen MR) is 109 cm³/mol. The highest BCUT2D eigenvalue weighted by Crippen LogP contribution is 2.36. The average Bonchev–Trinajstić information content (AvgIpc) is 2.63. The SMILES string of the molecule is Cc1ccc2c(-c3ccc(Br)cc3O)nnc(N[C@@H]3CCCNC3)c2c1. The highest BCUT2D eigenvalue weighted by molar-refractivity contribution is 9.10. The van der Waals surface area contributed by atoms with Gasteiger partial charge in [0.15, 0.2) is 5.82 Å². The van der Waals surface area contributed by atoms with Gasteiger partial charge in [0.25, 0.3) is 0 Å². The molecule has 1 aliphatic rings. The second-order valence-electron chi connectivity index (χ2n) is 6.80. The lowest BCUT2D eigenvalue weighted by Crippen LogP contribution is -2.38. The van der Waals surface area contributed by atoms with Gasteiger partial charge in [-0.2, -0.15) is 0 Å². The summed E-state index contributed by atoms with van der Waals surface area (Å²) in [6.45, 7) is 4.08. The molecule has 0 bridgehead atoms. The molecule has 0 saturated carbocycles. The van der Waals surface area contributed by atoms with Crippen molar-refractivity contribution in [2.45, 2.75) is 25.8 Å². The maximum absolute atomic E-state index is 10.4. The fourth-order valence-electron chi connectivity index (χ4n) is 3.45. The number of nitrogens with zero attached hydrogens (tertiary/aromatic N) is 2. The van der Waals surface area contributed by atoms with E-state index >= 15 is 0 Å². The third-order valence-corrected chi connectivity index (χ3v) is 5.28. The highest BCUT2D eigenvalue weighted by atomic mass is 79.9. The summed E-state index contributed by atoms with van der Waals surface area (Å²) in [5, 5.41) is 28.3. The third-order valence-electron chi connectivity index (χ3n) is 4.79. The minimum Gasteiger partial charge on any atom is -0.507 e. The molecule has 134 valence electrons. The first-order chi connectivity index (χ1) is 12.6. The molecule has 3 N–H and O–H groups in total. The molecule has 2 heterocycles. The fraction of sp³-hybridized carbons (Fsp3) is 0.300. The molecule has 2 aromatic carbocycles. The van der Waals surface area contributed by atoms with Gasteiger partial charge >= 0.3 is 0 Å². The molecule has 1 saturated heterocycles. The van der Waals surface area contributed by atoms with E-state index in [1.54, 1.807) is 6.07 Å². The Hall–Kier alpha value is -2.18. The first kappa shape index (κ1) is 17.2. The number of rotatable bonds is 3. The molecule has 0 radical (unpaired) electrons. The van der Waals surface area contributed by atoms with Crippen LogP contribution in [0.1, 0.15) is 18.4 Å². The van der Waals surface area contributed by atoms with Crippen molar-refractivity contribution in [3.8, 4) is 17.0 Å². The summed E-state index contributed by atoms with van der Waals surface area (Å²) in [6.07, 6.45) is 2.28. The third kappa shape index (κ3) is 3.39. The van der Waals surface area contributed by atoms with Crippen molar-refractivity contribution in [2.75, 3.05) is 18.4 Å². The summed E-state index contributed by atoms with van der Waals surface area (Å²) < 4.78 is 0.829. The maximum Gasteiger partial charge on any atom is 0.156 e. The number of phenolic OH excluding ortho intramolecular Hbond substituents is 1. The Morgan fingerprint density at radius 2 is 2.04 bits per heavy atom. The van der Waals surface area contributed by atoms with Crippen LogP contribution in [0.25, 0.3) is 22.0 Å². The van der Waals surface area contributed by atoms with Gasteiger partial charge in [-0.05, 0) is 50.6 Å². The number of aryl methyl sites for hydroxylation is 1. The molecule has 1 atom stereocenters. The van der Waals surface area contributed by atoms with Crippen molar-refractivity contribution in [1.29, 1.82) is 0 Å². The number of aromatic nitrogens is 2. The summed E-state index contributed by atoms with van der Waals surface area (Å²) in [5.74, 6) is 0.991. The predicted octanol–water partition coefficient (Wildman–Crippen LogP) is 4.24. The van der Waals surface area contributed by atoms with Crippen LogP contribution in [0.4, 0.5) is 5.82 Å². The van der Waals surface area contributed by atoms with Gasteiger partial charge < -0.3 is 15.7 Å². The van der Waals surface area contributed by atoms with Gasteiger partial charge in [-0.15, -0.1) is 10.2 Å². The Morgan fingerprint density at radius 3 is 2.81 bits per heavy atom. The van der Waals surface area contributed by atoms with Crippen LogP contribution >= 0.6 is 15.9 Å². The van der Waals surface area contributed by atoms with Gasteiger partial charge in [-0.3, -0.25) is 0 Å². The normalized spacial score (nSPS) is 17.4. The van der Waals surface area contributed by atoms with Crippen LogP contribution in [-0.4, -0.2) is 34.4 Å². The highest BCUT2D eigenvalue weighted by Gasteiger charge is 2.18. The van der Waals surface area contributed by atoms with Crippen LogP contribution in [0.5, 0.6) is 5.75 Å². The van der Waals surface area contributed by atoms with Crippen molar-refractivity contribution in [3.63, 3.8) is 0 Å². The zero-order valence-corrected chi connectivity index (χ0v) is 16.2. The van der Waals surface area contributed by atoms with Gasteiger partial charge in [0.1, 0.15) is 11.4 Å². The molecule has 0 unspecified atom stereocenters. The van der Waals surface area contributed by atoms with Crippen molar-refractivity contribution in [3.05, 3.63) is 46.4 Å². The summed E-state index contributed by atoms with van der Waals surface area (Å²) in [6, 6.07) is 12.0. The van der Waals surface area contributed by atoms with Crippen LogP contribution in [-0.2, 0) is 0 Å². The van der Waals surface area contributed by atoms with Gasteiger partial charge in [0.05, 0.1) is 0 Å². The Labute approximate surface area is 161 Å². The summed E-state index contributed by atoms with van der Waals surface area (Å²) in [7, 11) is 0. The quantitative estimate of drug-likeness (QED) is 0.600. The molecule has 1 aromatic heterocycles. The van der Waals surface area contributed by atoms with Crippen LogP contribution in [0.15, 0.2) is 40.9 Å². The number of fused-ring (bicyclic) bond motifs is 1.